The molecule has 0 N–H and O–H groups in total. The number of fused-ring (bicyclic) bond motifs is 3. The highest BCUT2D eigenvalue weighted by Crippen LogP contribution is 2.68. The predicted octanol–water partition coefficient (Wildman–Crippen LogP) is 3.69. The fraction of sp³-hybridized carbons (Fsp3) is 0.727. The van der Waals surface area contributed by atoms with E-state index in [1.807, 2.05) is 0 Å². The van der Waals surface area contributed by atoms with E-state index in [1.165, 1.54) is 0 Å². The van der Waals surface area contributed by atoms with Crippen LogP contribution in [0.2, 0.25) is 0 Å². The van der Waals surface area contributed by atoms with Gasteiger partial charge in [0.25, 0.3) is 5.92 Å². The van der Waals surface area contributed by atoms with Crippen LogP contribution in [0, 0.1) is 5.92 Å². The summed E-state index contributed by atoms with van der Waals surface area (Å²) in [5, 5.41) is 3.39. The first kappa shape index (κ1) is 11.9. The van der Waals surface area contributed by atoms with Crippen LogP contribution in [0.3, 0.4) is 0 Å². The molecule has 2 atom stereocenters. The van der Waals surface area contributed by atoms with Gasteiger partial charge in [-0.2, -0.15) is 27.1 Å². The van der Waals surface area contributed by atoms with Crippen LogP contribution >= 0.6 is 0 Å². The first-order chi connectivity index (χ1) is 8.15. The Morgan fingerprint density at radius 3 is 2.44 bits per heavy atom. The third kappa shape index (κ3) is 1.30. The van der Waals surface area contributed by atoms with Crippen LogP contribution in [0.25, 0.3) is 0 Å². The number of rotatable bonds is 1. The van der Waals surface area contributed by atoms with Crippen molar-refractivity contribution in [2.24, 2.45) is 5.92 Å². The summed E-state index contributed by atoms with van der Waals surface area (Å²) < 4.78 is 67.3. The minimum absolute atomic E-state index is 0.132. The van der Waals surface area contributed by atoms with E-state index in [4.69, 9.17) is 0 Å². The maximum atomic E-state index is 14.0. The number of halogens is 5. The van der Waals surface area contributed by atoms with E-state index in [0.29, 0.717) is 0 Å². The molecule has 0 aliphatic heterocycles. The largest absolute Gasteiger partial charge is 0.435 e. The van der Waals surface area contributed by atoms with Gasteiger partial charge in [0.2, 0.25) is 0 Å². The molecule has 2 aliphatic rings. The second-order valence-corrected chi connectivity index (χ2v) is 5.22. The summed E-state index contributed by atoms with van der Waals surface area (Å²) in [6, 6.07) is -0.516. The normalized spacial score (nSPS) is 28.4. The molecule has 0 unspecified atom stereocenters. The number of aromatic nitrogens is 2. The van der Waals surface area contributed by atoms with E-state index in [-0.39, 0.29) is 12.0 Å². The molecular weight excluding hydrogens is 255 g/mol. The number of nitrogens with zero attached hydrogens (tertiary/aromatic N) is 2. The zero-order chi connectivity index (χ0) is 13.5. The second kappa shape index (κ2) is 3.05. The minimum atomic E-state index is -4.67. The van der Waals surface area contributed by atoms with Crippen molar-refractivity contribution in [2.75, 3.05) is 0 Å². The maximum Gasteiger partial charge on any atom is 0.435 e. The van der Waals surface area contributed by atoms with Crippen molar-refractivity contribution in [3.8, 4) is 0 Å². The molecule has 1 fully saturated rings. The van der Waals surface area contributed by atoms with Crippen molar-refractivity contribution in [1.82, 2.24) is 9.78 Å². The standard InChI is InChI=1S/C11H11F5N2/c1-4(2)18-9-7(8(17-18)11(14,15)16)5-3-6(5)10(9,12)13/h4-6H,3H2,1-2H3/t5-,6+/m1/s1. The molecule has 0 saturated heterocycles. The van der Waals surface area contributed by atoms with E-state index in [1.54, 1.807) is 13.8 Å². The summed E-state index contributed by atoms with van der Waals surface area (Å²) in [5.74, 6) is -4.81. The highest BCUT2D eigenvalue weighted by Gasteiger charge is 2.68. The average molecular weight is 266 g/mol. The second-order valence-electron chi connectivity index (χ2n) is 5.22. The fourth-order valence-electron chi connectivity index (χ4n) is 2.80. The molecular formula is C11H11F5N2. The summed E-state index contributed by atoms with van der Waals surface area (Å²) in [5.41, 5.74) is -1.92. The molecule has 0 bridgehead atoms. The van der Waals surface area contributed by atoms with Crippen molar-refractivity contribution in [3.05, 3.63) is 17.0 Å². The molecule has 0 spiro atoms. The van der Waals surface area contributed by atoms with Crippen LogP contribution in [0.15, 0.2) is 0 Å². The van der Waals surface area contributed by atoms with Crippen LogP contribution in [0.4, 0.5) is 22.0 Å². The summed E-state index contributed by atoms with van der Waals surface area (Å²) in [7, 11) is 0. The number of alkyl halides is 5. The highest BCUT2D eigenvalue weighted by atomic mass is 19.4. The Bertz CT molecular complexity index is 514. The van der Waals surface area contributed by atoms with Gasteiger partial charge in [-0.3, -0.25) is 4.68 Å². The molecule has 18 heavy (non-hydrogen) atoms. The van der Waals surface area contributed by atoms with Gasteiger partial charge in [-0.25, -0.2) is 0 Å². The average Bonchev–Trinajstić information content (AvgIpc) is 2.82. The lowest BCUT2D eigenvalue weighted by Gasteiger charge is -2.17. The lowest BCUT2D eigenvalue weighted by atomic mass is 10.1. The summed E-state index contributed by atoms with van der Waals surface area (Å²) in [6.07, 6.45) is -4.54. The smallest absolute Gasteiger partial charge is 0.260 e. The van der Waals surface area contributed by atoms with Crippen molar-refractivity contribution in [3.63, 3.8) is 0 Å². The zero-order valence-electron chi connectivity index (χ0n) is 9.72. The lowest BCUT2D eigenvalue weighted by Crippen LogP contribution is -2.21. The van der Waals surface area contributed by atoms with Crippen LogP contribution in [-0.4, -0.2) is 9.78 Å². The molecule has 100 valence electrons. The molecule has 7 heteroatoms. The lowest BCUT2D eigenvalue weighted by molar-refractivity contribution is -0.142. The Labute approximate surface area is 99.8 Å². The molecule has 1 heterocycles. The highest BCUT2D eigenvalue weighted by molar-refractivity contribution is 5.46. The minimum Gasteiger partial charge on any atom is -0.260 e. The summed E-state index contributed by atoms with van der Waals surface area (Å²) in [4.78, 5) is 0. The van der Waals surface area contributed by atoms with Gasteiger partial charge in [0.05, 0.1) is 0 Å². The molecule has 1 aromatic heterocycles. The molecule has 3 rings (SSSR count). The topological polar surface area (TPSA) is 17.8 Å². The van der Waals surface area contributed by atoms with Gasteiger partial charge in [-0.1, -0.05) is 0 Å². The SMILES string of the molecule is CC(C)n1nc(C(F)(F)F)c2c1C(F)(F)[C@H]1C[C@@H]21. The third-order valence-electron chi connectivity index (χ3n) is 3.65. The molecule has 1 saturated carbocycles. The van der Waals surface area contributed by atoms with Gasteiger partial charge >= 0.3 is 6.18 Å². The van der Waals surface area contributed by atoms with Gasteiger partial charge in [-0.15, -0.1) is 0 Å². The third-order valence-corrected chi connectivity index (χ3v) is 3.65. The fourth-order valence-corrected chi connectivity index (χ4v) is 2.80. The molecule has 0 amide bonds. The van der Waals surface area contributed by atoms with Gasteiger partial charge < -0.3 is 0 Å². The molecule has 0 radical (unpaired) electrons. The van der Waals surface area contributed by atoms with E-state index in [9.17, 15) is 22.0 Å². The first-order valence-electron chi connectivity index (χ1n) is 5.73. The Balaban J connectivity index is 2.26. The van der Waals surface area contributed by atoms with E-state index in [2.05, 4.69) is 5.10 Å². The maximum absolute atomic E-state index is 14.0. The number of hydrogen-bond donors (Lipinski definition) is 0. The summed E-state index contributed by atoms with van der Waals surface area (Å²) >= 11 is 0. The Kier molecular flexibility index (Phi) is 2.02. The molecule has 0 aromatic carbocycles. The van der Waals surface area contributed by atoms with Gasteiger partial charge in [0, 0.05) is 17.5 Å². The molecule has 2 nitrogen and oxygen atoms in total. The number of hydrogen-bond acceptors (Lipinski definition) is 1. The zero-order valence-corrected chi connectivity index (χ0v) is 9.72. The van der Waals surface area contributed by atoms with Crippen LogP contribution in [-0.2, 0) is 12.1 Å². The van der Waals surface area contributed by atoms with Crippen molar-refractivity contribution < 1.29 is 22.0 Å². The van der Waals surface area contributed by atoms with E-state index < -0.39 is 41.4 Å². The van der Waals surface area contributed by atoms with Crippen molar-refractivity contribution in [2.45, 2.75) is 44.3 Å². The Morgan fingerprint density at radius 1 is 1.33 bits per heavy atom. The van der Waals surface area contributed by atoms with Crippen molar-refractivity contribution >= 4 is 0 Å². The predicted molar refractivity (Wildman–Crippen MR) is 52.4 cm³/mol. The first-order valence-corrected chi connectivity index (χ1v) is 5.73. The summed E-state index contributed by atoms with van der Waals surface area (Å²) in [6.45, 7) is 3.10. The van der Waals surface area contributed by atoms with Gasteiger partial charge in [-0.05, 0) is 26.2 Å². The van der Waals surface area contributed by atoms with Crippen LogP contribution < -0.4 is 0 Å². The monoisotopic (exact) mass is 266 g/mol. The van der Waals surface area contributed by atoms with Crippen molar-refractivity contribution in [1.29, 1.82) is 0 Å². The van der Waals surface area contributed by atoms with Gasteiger partial charge in [0.1, 0.15) is 5.69 Å². The van der Waals surface area contributed by atoms with Crippen LogP contribution in [0.1, 0.15) is 49.2 Å². The molecule has 2 aliphatic carbocycles. The van der Waals surface area contributed by atoms with E-state index in [0.717, 1.165) is 4.68 Å². The Morgan fingerprint density at radius 2 is 1.94 bits per heavy atom. The molecule has 1 aromatic rings. The quantitative estimate of drug-likeness (QED) is 0.709. The van der Waals surface area contributed by atoms with E-state index >= 15 is 0 Å². The van der Waals surface area contributed by atoms with Crippen LogP contribution in [0.5, 0.6) is 0 Å². The Hall–Kier alpha value is -1.14. The van der Waals surface area contributed by atoms with Gasteiger partial charge in [0.15, 0.2) is 5.69 Å².